The molecule has 35 heavy (non-hydrogen) atoms. The minimum absolute atomic E-state index is 0.608. The summed E-state index contributed by atoms with van der Waals surface area (Å²) in [5.41, 5.74) is 0. The maximum absolute atomic E-state index is 2.65. The lowest BCUT2D eigenvalue weighted by molar-refractivity contribution is 0.114. The first-order chi connectivity index (χ1) is 17.2. The lowest BCUT2D eigenvalue weighted by Crippen LogP contribution is -2.42. The van der Waals surface area contributed by atoms with Gasteiger partial charge in [0.05, 0.1) is 0 Å². The molecule has 1 rings (SSSR count). The third-order valence-electron chi connectivity index (χ3n) is 8.09. The highest BCUT2D eigenvalue weighted by Crippen LogP contribution is 2.25. The summed E-state index contributed by atoms with van der Waals surface area (Å²) in [6, 6.07) is 0.608. The van der Waals surface area contributed by atoms with E-state index in [0.717, 1.165) is 0 Å². The van der Waals surface area contributed by atoms with E-state index in [1.165, 1.54) is 161 Å². The summed E-state index contributed by atoms with van der Waals surface area (Å²) in [7, 11) is 0. The van der Waals surface area contributed by atoms with E-state index in [1.54, 1.807) is 0 Å². The molecule has 0 radical (unpaired) electrons. The van der Waals surface area contributed by atoms with Gasteiger partial charge in [0.1, 0.15) is 6.17 Å². The summed E-state index contributed by atoms with van der Waals surface area (Å²) in [6.07, 6.45) is 39.7. The third-order valence-corrected chi connectivity index (χ3v) is 8.09. The van der Waals surface area contributed by atoms with Crippen LogP contribution < -0.4 is 0 Å². The zero-order valence-corrected chi connectivity index (χ0v) is 24.9. The Kier molecular flexibility index (Phi) is 21.9. The van der Waals surface area contributed by atoms with E-state index >= 15 is 0 Å². The van der Waals surface area contributed by atoms with Crippen molar-refractivity contribution in [1.29, 1.82) is 0 Å². The number of unbranched alkanes of at least 4 members (excludes halogenated alkanes) is 21. The van der Waals surface area contributed by atoms with Gasteiger partial charge in [-0.3, -0.25) is 0 Å². The van der Waals surface area contributed by atoms with Crippen LogP contribution in [0.5, 0.6) is 0 Å². The smallest absolute Gasteiger partial charge is 0.101 e. The highest BCUT2D eigenvalue weighted by Gasteiger charge is 2.26. The molecule has 0 spiro atoms. The van der Waals surface area contributed by atoms with Crippen LogP contribution in [-0.4, -0.2) is 28.6 Å². The van der Waals surface area contributed by atoms with Crippen LogP contribution >= 0.6 is 0 Å². The molecule has 0 amide bonds. The molecular formula is C33H66N2. The second kappa shape index (κ2) is 23.7. The highest BCUT2D eigenvalue weighted by molar-refractivity contribution is 4.98. The monoisotopic (exact) mass is 491 g/mol. The zero-order valence-electron chi connectivity index (χ0n) is 24.9. The highest BCUT2D eigenvalue weighted by atomic mass is 15.4. The molecule has 2 nitrogen and oxygen atoms in total. The molecule has 1 unspecified atom stereocenters. The standard InChI is InChI=1S/C33H66N2/c1-5-7-9-11-13-14-15-16-17-18-19-20-21-23-25-27-29-34-30-31-35(32(3)4)33(34)28-26-24-22-12-10-8-6-2/h30-33H,5-29H2,1-4H3. The third kappa shape index (κ3) is 17.4. The fourth-order valence-electron chi connectivity index (χ4n) is 5.71. The van der Waals surface area contributed by atoms with Crippen LogP contribution in [-0.2, 0) is 0 Å². The maximum atomic E-state index is 2.65. The fraction of sp³-hybridized carbons (Fsp3) is 0.939. The van der Waals surface area contributed by atoms with Crippen LogP contribution in [0.25, 0.3) is 0 Å². The summed E-state index contributed by atoms with van der Waals surface area (Å²) in [5, 5.41) is 0. The molecule has 0 bridgehead atoms. The van der Waals surface area contributed by atoms with E-state index in [-0.39, 0.29) is 0 Å². The Morgan fingerprint density at radius 1 is 0.486 bits per heavy atom. The van der Waals surface area contributed by atoms with E-state index in [2.05, 4.69) is 49.9 Å². The van der Waals surface area contributed by atoms with Crippen LogP contribution in [0, 0.1) is 0 Å². The van der Waals surface area contributed by atoms with Gasteiger partial charge < -0.3 is 9.80 Å². The minimum Gasteiger partial charge on any atom is -0.356 e. The van der Waals surface area contributed by atoms with Crippen molar-refractivity contribution in [1.82, 2.24) is 9.80 Å². The van der Waals surface area contributed by atoms with Gasteiger partial charge in [-0.25, -0.2) is 0 Å². The first kappa shape index (κ1) is 32.4. The van der Waals surface area contributed by atoms with Crippen molar-refractivity contribution >= 4 is 0 Å². The molecule has 1 aliphatic heterocycles. The Hall–Kier alpha value is -0.660. The van der Waals surface area contributed by atoms with Gasteiger partial charge in [0, 0.05) is 25.0 Å². The minimum atomic E-state index is 0.608. The summed E-state index contributed by atoms with van der Waals surface area (Å²) >= 11 is 0. The molecule has 0 fully saturated rings. The average molecular weight is 491 g/mol. The zero-order chi connectivity index (χ0) is 25.4. The van der Waals surface area contributed by atoms with Crippen LogP contribution in [0.2, 0.25) is 0 Å². The normalized spacial score (nSPS) is 15.7. The molecule has 0 aromatic rings. The Bertz CT molecular complexity index is 458. The Balaban J connectivity index is 1.99. The van der Waals surface area contributed by atoms with Crippen LogP contribution in [0.4, 0.5) is 0 Å². The second-order valence-corrected chi connectivity index (χ2v) is 11.8. The maximum Gasteiger partial charge on any atom is 0.101 e. The molecule has 0 saturated carbocycles. The van der Waals surface area contributed by atoms with E-state index in [0.29, 0.717) is 12.2 Å². The number of hydrogen-bond donors (Lipinski definition) is 0. The molecule has 1 atom stereocenters. The van der Waals surface area contributed by atoms with Gasteiger partial charge in [0.25, 0.3) is 0 Å². The summed E-state index contributed by atoms with van der Waals surface area (Å²) in [6.45, 7) is 10.6. The molecule has 0 aliphatic carbocycles. The van der Waals surface area contributed by atoms with Crippen LogP contribution in [0.15, 0.2) is 12.4 Å². The Labute approximate surface area is 222 Å². The van der Waals surface area contributed by atoms with Gasteiger partial charge in [-0.05, 0) is 33.1 Å². The van der Waals surface area contributed by atoms with Crippen molar-refractivity contribution in [3.05, 3.63) is 12.4 Å². The SMILES string of the molecule is CCCCCCCCCCCCCCCCCCN1C=CN(C(C)C)C1CCCCCCCCC. The second-order valence-electron chi connectivity index (χ2n) is 11.8. The largest absolute Gasteiger partial charge is 0.356 e. The van der Waals surface area contributed by atoms with E-state index in [1.807, 2.05) is 0 Å². The van der Waals surface area contributed by atoms with Crippen LogP contribution in [0.1, 0.15) is 182 Å². The van der Waals surface area contributed by atoms with E-state index in [4.69, 9.17) is 0 Å². The Morgan fingerprint density at radius 2 is 0.857 bits per heavy atom. The van der Waals surface area contributed by atoms with Gasteiger partial charge in [0.15, 0.2) is 0 Å². The van der Waals surface area contributed by atoms with Crippen molar-refractivity contribution in [3.63, 3.8) is 0 Å². The first-order valence-corrected chi connectivity index (χ1v) is 16.4. The van der Waals surface area contributed by atoms with Gasteiger partial charge in [-0.2, -0.15) is 0 Å². The van der Waals surface area contributed by atoms with Crippen molar-refractivity contribution in [3.8, 4) is 0 Å². The van der Waals surface area contributed by atoms with Gasteiger partial charge in [-0.15, -0.1) is 0 Å². The van der Waals surface area contributed by atoms with Gasteiger partial charge in [-0.1, -0.05) is 149 Å². The number of hydrogen-bond acceptors (Lipinski definition) is 2. The fourth-order valence-corrected chi connectivity index (χ4v) is 5.71. The van der Waals surface area contributed by atoms with E-state index < -0.39 is 0 Å². The number of rotatable bonds is 26. The molecule has 208 valence electrons. The van der Waals surface area contributed by atoms with Crippen LogP contribution in [0.3, 0.4) is 0 Å². The molecule has 1 heterocycles. The quantitative estimate of drug-likeness (QED) is 0.111. The lowest BCUT2D eigenvalue weighted by Gasteiger charge is -2.35. The number of nitrogens with zero attached hydrogens (tertiary/aromatic N) is 2. The van der Waals surface area contributed by atoms with Crippen molar-refractivity contribution in [2.24, 2.45) is 0 Å². The van der Waals surface area contributed by atoms with Gasteiger partial charge >= 0.3 is 0 Å². The predicted molar refractivity (Wildman–Crippen MR) is 159 cm³/mol. The molecule has 1 aliphatic rings. The van der Waals surface area contributed by atoms with Gasteiger partial charge in [0.2, 0.25) is 0 Å². The average Bonchev–Trinajstić information content (AvgIpc) is 3.26. The molecule has 2 heteroatoms. The summed E-state index contributed by atoms with van der Waals surface area (Å²) in [5.74, 6) is 0. The predicted octanol–water partition coefficient (Wildman–Crippen LogP) is 11.2. The first-order valence-electron chi connectivity index (χ1n) is 16.4. The summed E-state index contributed by atoms with van der Waals surface area (Å²) < 4.78 is 0. The lowest BCUT2D eigenvalue weighted by atomic mass is 10.0. The molecular weight excluding hydrogens is 424 g/mol. The Morgan fingerprint density at radius 3 is 1.26 bits per heavy atom. The van der Waals surface area contributed by atoms with Crippen molar-refractivity contribution in [2.45, 2.75) is 194 Å². The van der Waals surface area contributed by atoms with Crippen molar-refractivity contribution < 1.29 is 0 Å². The molecule has 0 aromatic heterocycles. The van der Waals surface area contributed by atoms with E-state index in [9.17, 15) is 0 Å². The molecule has 0 N–H and O–H groups in total. The molecule has 0 aromatic carbocycles. The molecule has 0 saturated heterocycles. The summed E-state index contributed by atoms with van der Waals surface area (Å²) in [4.78, 5) is 5.25. The topological polar surface area (TPSA) is 6.48 Å². The van der Waals surface area contributed by atoms with Crippen molar-refractivity contribution in [2.75, 3.05) is 6.54 Å².